The lowest BCUT2D eigenvalue weighted by Crippen LogP contribution is -2.16. The van der Waals surface area contributed by atoms with Crippen LogP contribution in [0.4, 0.5) is 17.1 Å². The third-order valence-electron chi connectivity index (χ3n) is 11.9. The summed E-state index contributed by atoms with van der Waals surface area (Å²) in [4.78, 5) is 2.37. The SMILES string of the molecule is CC1(C)c2ccccc2-c2ccc(N(c3ccc(-c4cccc5c4oc4ccccc45)cc3)c3c4oc5ccccc5c4cc4oc5ccccc5c34)cc21. The molecule has 0 unspecified atom stereocenters. The standard InChI is InChI=1S/C51H33NO3/c1-51(2)41-18-7-3-12-34(41)35-27-26-32(28-42(35)51)52(31-24-22-30(23-25-31)33-16-11-17-38-36-13-4-8-19-43(36)54-49(33)38)48-47-39-15-6-10-21-45(39)53-46(47)29-40-37-14-5-9-20-44(37)55-50(40)48/h3-29H,1-2H3. The van der Waals surface area contributed by atoms with E-state index in [1.165, 1.54) is 22.3 Å². The average Bonchev–Trinajstić information content (AvgIpc) is 3.96. The lowest BCUT2D eigenvalue weighted by atomic mass is 9.82. The lowest BCUT2D eigenvalue weighted by molar-refractivity contribution is 0.660. The van der Waals surface area contributed by atoms with Gasteiger partial charge in [0, 0.05) is 49.3 Å². The minimum atomic E-state index is -0.175. The Bertz CT molecular complexity index is 3350. The van der Waals surface area contributed by atoms with Crippen LogP contribution in [0.3, 0.4) is 0 Å². The summed E-state index contributed by atoms with van der Waals surface area (Å²) in [6, 6.07) is 58.0. The van der Waals surface area contributed by atoms with Crippen molar-refractivity contribution in [2.45, 2.75) is 19.3 Å². The Kier molecular flexibility index (Phi) is 6.09. The fourth-order valence-corrected chi connectivity index (χ4v) is 9.26. The van der Waals surface area contributed by atoms with Gasteiger partial charge in [0.2, 0.25) is 0 Å². The molecule has 3 heterocycles. The minimum absolute atomic E-state index is 0.175. The molecule has 0 spiro atoms. The first-order valence-electron chi connectivity index (χ1n) is 18.8. The van der Waals surface area contributed by atoms with E-state index in [2.05, 4.69) is 146 Å². The Morgan fingerprint density at radius 1 is 0.400 bits per heavy atom. The fraction of sp³-hybridized carbons (Fsp3) is 0.0588. The molecule has 0 amide bonds. The van der Waals surface area contributed by atoms with Crippen molar-refractivity contribution in [2.75, 3.05) is 4.90 Å². The van der Waals surface area contributed by atoms with E-state index in [9.17, 15) is 0 Å². The number of hydrogen-bond acceptors (Lipinski definition) is 4. The van der Waals surface area contributed by atoms with Crippen molar-refractivity contribution in [1.82, 2.24) is 0 Å². The average molecular weight is 708 g/mol. The number of anilines is 3. The summed E-state index contributed by atoms with van der Waals surface area (Å²) in [5.41, 5.74) is 15.3. The van der Waals surface area contributed by atoms with Gasteiger partial charge < -0.3 is 18.2 Å². The maximum absolute atomic E-state index is 6.89. The minimum Gasteiger partial charge on any atom is -0.456 e. The van der Waals surface area contributed by atoms with Gasteiger partial charge in [0.1, 0.15) is 33.6 Å². The zero-order chi connectivity index (χ0) is 36.4. The molecule has 12 rings (SSSR count). The van der Waals surface area contributed by atoms with E-state index >= 15 is 0 Å². The number of furan rings is 3. The lowest BCUT2D eigenvalue weighted by Gasteiger charge is -2.29. The molecule has 3 aromatic heterocycles. The molecule has 0 N–H and O–H groups in total. The summed E-state index contributed by atoms with van der Waals surface area (Å²) >= 11 is 0. The second-order valence-electron chi connectivity index (χ2n) is 15.2. The van der Waals surface area contributed by atoms with Gasteiger partial charge in [0.05, 0.1) is 5.39 Å². The highest BCUT2D eigenvalue weighted by molar-refractivity contribution is 6.24. The van der Waals surface area contributed by atoms with Crippen molar-refractivity contribution in [3.05, 3.63) is 175 Å². The molecule has 0 bridgehead atoms. The number of nitrogens with zero attached hydrogens (tertiary/aromatic N) is 1. The van der Waals surface area contributed by atoms with Gasteiger partial charge in [0.25, 0.3) is 0 Å². The van der Waals surface area contributed by atoms with Gasteiger partial charge in [-0.1, -0.05) is 129 Å². The van der Waals surface area contributed by atoms with Crippen LogP contribution in [-0.2, 0) is 5.41 Å². The molecule has 0 fully saturated rings. The summed E-state index contributed by atoms with van der Waals surface area (Å²) in [6.45, 7) is 4.67. The van der Waals surface area contributed by atoms with Crippen molar-refractivity contribution in [2.24, 2.45) is 0 Å². The number of benzene rings is 8. The molecule has 0 saturated carbocycles. The van der Waals surface area contributed by atoms with E-state index in [1.807, 2.05) is 36.4 Å². The third kappa shape index (κ3) is 4.22. The molecule has 11 aromatic rings. The van der Waals surface area contributed by atoms with Crippen LogP contribution in [0.25, 0.3) is 88.1 Å². The second kappa shape index (κ2) is 11.0. The predicted octanol–water partition coefficient (Wildman–Crippen LogP) is 14.8. The molecule has 55 heavy (non-hydrogen) atoms. The van der Waals surface area contributed by atoms with Crippen LogP contribution in [0.15, 0.2) is 177 Å². The Labute approximate surface area is 316 Å². The van der Waals surface area contributed by atoms with E-state index < -0.39 is 0 Å². The molecule has 1 aliphatic rings. The quantitative estimate of drug-likeness (QED) is 0.183. The number of hydrogen-bond donors (Lipinski definition) is 0. The summed E-state index contributed by atoms with van der Waals surface area (Å²) in [5, 5.41) is 6.37. The molecule has 1 aliphatic carbocycles. The van der Waals surface area contributed by atoms with Crippen LogP contribution in [0.1, 0.15) is 25.0 Å². The van der Waals surface area contributed by atoms with Crippen LogP contribution in [0.5, 0.6) is 0 Å². The first-order valence-corrected chi connectivity index (χ1v) is 18.8. The third-order valence-corrected chi connectivity index (χ3v) is 11.9. The molecule has 0 atom stereocenters. The van der Waals surface area contributed by atoms with Crippen LogP contribution in [0.2, 0.25) is 0 Å². The van der Waals surface area contributed by atoms with Gasteiger partial charge in [-0.15, -0.1) is 0 Å². The second-order valence-corrected chi connectivity index (χ2v) is 15.2. The molecule has 4 nitrogen and oxygen atoms in total. The maximum Gasteiger partial charge on any atom is 0.160 e. The molecule has 0 aliphatic heterocycles. The van der Waals surface area contributed by atoms with E-state index in [-0.39, 0.29) is 5.41 Å². The van der Waals surface area contributed by atoms with Gasteiger partial charge in [-0.2, -0.15) is 0 Å². The van der Waals surface area contributed by atoms with Crippen molar-refractivity contribution in [3.63, 3.8) is 0 Å². The zero-order valence-corrected chi connectivity index (χ0v) is 30.3. The van der Waals surface area contributed by atoms with Crippen LogP contribution < -0.4 is 4.90 Å². The summed E-state index contributed by atoms with van der Waals surface area (Å²) in [6.07, 6.45) is 0. The Morgan fingerprint density at radius 2 is 0.982 bits per heavy atom. The van der Waals surface area contributed by atoms with E-state index in [1.54, 1.807) is 0 Å². The van der Waals surface area contributed by atoms with Gasteiger partial charge in [-0.25, -0.2) is 0 Å². The summed E-state index contributed by atoms with van der Waals surface area (Å²) in [5.74, 6) is 0. The number of rotatable bonds is 4. The molecular formula is C51H33NO3. The zero-order valence-electron chi connectivity index (χ0n) is 30.3. The summed E-state index contributed by atoms with van der Waals surface area (Å²) < 4.78 is 20.0. The maximum atomic E-state index is 6.89. The largest absolute Gasteiger partial charge is 0.456 e. The molecule has 0 radical (unpaired) electrons. The predicted molar refractivity (Wildman–Crippen MR) is 226 cm³/mol. The fourth-order valence-electron chi connectivity index (χ4n) is 9.26. The van der Waals surface area contributed by atoms with Crippen LogP contribution in [-0.4, -0.2) is 0 Å². The number of fused-ring (bicyclic) bond motifs is 12. The topological polar surface area (TPSA) is 42.7 Å². The number of para-hydroxylation sites is 4. The Morgan fingerprint density at radius 3 is 1.76 bits per heavy atom. The highest BCUT2D eigenvalue weighted by Crippen LogP contribution is 2.53. The van der Waals surface area contributed by atoms with Crippen LogP contribution >= 0.6 is 0 Å². The van der Waals surface area contributed by atoms with Crippen molar-refractivity contribution < 1.29 is 13.3 Å². The molecule has 4 heteroatoms. The summed E-state index contributed by atoms with van der Waals surface area (Å²) in [7, 11) is 0. The van der Waals surface area contributed by atoms with Crippen molar-refractivity contribution >= 4 is 82.9 Å². The molecule has 260 valence electrons. The Balaban J connectivity index is 1.14. The van der Waals surface area contributed by atoms with Gasteiger partial charge in [0.15, 0.2) is 5.58 Å². The van der Waals surface area contributed by atoms with Crippen LogP contribution in [0, 0.1) is 0 Å². The van der Waals surface area contributed by atoms with Crippen molar-refractivity contribution in [3.8, 4) is 22.3 Å². The van der Waals surface area contributed by atoms with Gasteiger partial charge in [-0.05, 0) is 76.3 Å². The van der Waals surface area contributed by atoms with E-state index in [4.69, 9.17) is 13.3 Å². The normalized spacial score (nSPS) is 13.4. The van der Waals surface area contributed by atoms with E-state index in [0.29, 0.717) is 0 Å². The van der Waals surface area contributed by atoms with Gasteiger partial charge in [-0.3, -0.25) is 0 Å². The monoisotopic (exact) mass is 707 g/mol. The first kappa shape index (κ1) is 30.4. The van der Waals surface area contributed by atoms with E-state index in [0.717, 1.165) is 94.0 Å². The molecular weight excluding hydrogens is 675 g/mol. The highest BCUT2D eigenvalue weighted by atomic mass is 16.3. The van der Waals surface area contributed by atoms with Crippen molar-refractivity contribution in [1.29, 1.82) is 0 Å². The molecule has 0 saturated heterocycles. The molecule has 8 aromatic carbocycles. The smallest absolute Gasteiger partial charge is 0.160 e. The first-order chi connectivity index (χ1) is 27.0. The Hall–Kier alpha value is -7.04. The van der Waals surface area contributed by atoms with Gasteiger partial charge >= 0.3 is 0 Å². The highest BCUT2D eigenvalue weighted by Gasteiger charge is 2.36.